The van der Waals surface area contributed by atoms with Crippen LogP contribution in [0.4, 0.5) is 13.2 Å². The molecule has 0 saturated carbocycles. The molecule has 1 aliphatic heterocycles. The third kappa shape index (κ3) is 5.23. The van der Waals surface area contributed by atoms with Crippen molar-refractivity contribution < 1.29 is 23.1 Å². The quantitative estimate of drug-likeness (QED) is 0.558. The SMILES string of the molecule is O=C(/C=C/c1ccc(O)c(CN2CCCCC2)c1)c1ccc(C(F)(F)F)cc1. The van der Waals surface area contributed by atoms with Gasteiger partial charge in [-0.25, -0.2) is 0 Å². The maximum Gasteiger partial charge on any atom is 0.416 e. The van der Waals surface area contributed by atoms with Gasteiger partial charge < -0.3 is 5.11 Å². The fourth-order valence-electron chi connectivity index (χ4n) is 3.29. The fraction of sp³-hybridized carbons (Fsp3) is 0.318. The molecule has 0 aliphatic carbocycles. The van der Waals surface area contributed by atoms with E-state index >= 15 is 0 Å². The summed E-state index contributed by atoms with van der Waals surface area (Å²) >= 11 is 0. The second-order valence-electron chi connectivity index (χ2n) is 7.00. The molecule has 0 radical (unpaired) electrons. The Balaban J connectivity index is 1.69. The molecule has 1 aliphatic rings. The van der Waals surface area contributed by atoms with Crippen LogP contribution in [0.3, 0.4) is 0 Å². The molecule has 0 spiro atoms. The van der Waals surface area contributed by atoms with Crippen molar-refractivity contribution in [1.29, 1.82) is 0 Å². The number of phenols is 1. The van der Waals surface area contributed by atoms with Crippen LogP contribution in [0.25, 0.3) is 6.08 Å². The summed E-state index contributed by atoms with van der Waals surface area (Å²) in [7, 11) is 0. The highest BCUT2D eigenvalue weighted by molar-refractivity contribution is 6.06. The Kier molecular flexibility index (Phi) is 6.19. The number of phenolic OH excluding ortho intramolecular Hbond substituents is 1. The number of alkyl halides is 3. The van der Waals surface area contributed by atoms with E-state index in [0.29, 0.717) is 6.54 Å². The summed E-state index contributed by atoms with van der Waals surface area (Å²) in [6, 6.07) is 9.28. The van der Waals surface area contributed by atoms with Gasteiger partial charge in [-0.15, -0.1) is 0 Å². The first-order valence-corrected chi connectivity index (χ1v) is 9.27. The van der Waals surface area contributed by atoms with Gasteiger partial charge in [0.15, 0.2) is 5.78 Å². The van der Waals surface area contributed by atoms with Crippen molar-refractivity contribution in [2.24, 2.45) is 0 Å². The maximum atomic E-state index is 12.6. The molecule has 0 amide bonds. The second kappa shape index (κ2) is 8.61. The van der Waals surface area contributed by atoms with Crippen molar-refractivity contribution in [3.63, 3.8) is 0 Å². The van der Waals surface area contributed by atoms with Gasteiger partial charge >= 0.3 is 6.18 Å². The smallest absolute Gasteiger partial charge is 0.416 e. The van der Waals surface area contributed by atoms with E-state index in [1.165, 1.54) is 24.6 Å². The molecule has 0 unspecified atom stereocenters. The molecule has 0 bridgehead atoms. The largest absolute Gasteiger partial charge is 0.508 e. The Bertz CT molecular complexity index is 851. The summed E-state index contributed by atoms with van der Waals surface area (Å²) < 4.78 is 37.8. The average molecular weight is 389 g/mol. The van der Waals surface area contributed by atoms with Crippen LogP contribution in [-0.2, 0) is 12.7 Å². The van der Waals surface area contributed by atoms with E-state index in [9.17, 15) is 23.1 Å². The molecule has 2 aromatic carbocycles. The predicted octanol–water partition coefficient (Wildman–Crippen LogP) is 5.29. The number of hydrogen-bond acceptors (Lipinski definition) is 3. The molecule has 28 heavy (non-hydrogen) atoms. The van der Waals surface area contributed by atoms with Crippen LogP contribution < -0.4 is 0 Å². The van der Waals surface area contributed by atoms with E-state index in [0.717, 1.165) is 49.2 Å². The number of piperidine rings is 1. The highest BCUT2D eigenvalue weighted by atomic mass is 19.4. The van der Waals surface area contributed by atoms with Crippen LogP contribution in [0, 0.1) is 0 Å². The minimum absolute atomic E-state index is 0.191. The van der Waals surface area contributed by atoms with E-state index in [1.54, 1.807) is 18.2 Å². The van der Waals surface area contributed by atoms with E-state index in [1.807, 2.05) is 6.07 Å². The number of likely N-dealkylation sites (tertiary alicyclic amines) is 1. The molecular formula is C22H22F3NO2. The molecule has 1 fully saturated rings. The van der Waals surface area contributed by atoms with Gasteiger partial charge in [0.1, 0.15) is 5.75 Å². The van der Waals surface area contributed by atoms with Gasteiger partial charge in [-0.2, -0.15) is 13.2 Å². The Labute approximate surface area is 162 Å². The van der Waals surface area contributed by atoms with Crippen LogP contribution in [0.1, 0.15) is 46.3 Å². The van der Waals surface area contributed by atoms with Crippen molar-refractivity contribution in [2.45, 2.75) is 32.0 Å². The van der Waals surface area contributed by atoms with E-state index < -0.39 is 11.7 Å². The Morgan fingerprint density at radius 2 is 1.71 bits per heavy atom. The topological polar surface area (TPSA) is 40.5 Å². The van der Waals surface area contributed by atoms with Gasteiger partial charge in [-0.05, 0) is 61.8 Å². The molecule has 0 atom stereocenters. The number of aromatic hydroxyl groups is 1. The number of rotatable bonds is 5. The number of benzene rings is 2. The molecule has 6 heteroatoms. The van der Waals surface area contributed by atoms with Crippen LogP contribution in [-0.4, -0.2) is 28.9 Å². The van der Waals surface area contributed by atoms with Crippen LogP contribution >= 0.6 is 0 Å². The normalized spacial score (nSPS) is 15.8. The van der Waals surface area contributed by atoms with Crippen LogP contribution in [0.15, 0.2) is 48.5 Å². The lowest BCUT2D eigenvalue weighted by Gasteiger charge is -2.26. The maximum absolute atomic E-state index is 12.6. The average Bonchev–Trinajstić information content (AvgIpc) is 2.68. The summed E-state index contributed by atoms with van der Waals surface area (Å²) in [5, 5.41) is 10.1. The lowest BCUT2D eigenvalue weighted by Crippen LogP contribution is -2.29. The summed E-state index contributed by atoms with van der Waals surface area (Å²) in [4.78, 5) is 14.5. The Morgan fingerprint density at radius 3 is 2.36 bits per heavy atom. The summed E-state index contributed by atoms with van der Waals surface area (Å²) in [5.74, 6) is -0.156. The first-order chi connectivity index (χ1) is 13.3. The number of ketones is 1. The number of halogens is 3. The molecule has 148 valence electrons. The molecular weight excluding hydrogens is 367 g/mol. The molecule has 1 N–H and O–H groups in total. The van der Waals surface area contributed by atoms with Crippen molar-refractivity contribution in [3.8, 4) is 5.75 Å². The van der Waals surface area contributed by atoms with Gasteiger partial charge in [0.05, 0.1) is 5.56 Å². The number of hydrogen-bond donors (Lipinski definition) is 1. The molecule has 1 saturated heterocycles. The van der Waals surface area contributed by atoms with Crippen molar-refractivity contribution in [2.75, 3.05) is 13.1 Å². The minimum atomic E-state index is -4.42. The van der Waals surface area contributed by atoms with Crippen molar-refractivity contribution in [3.05, 3.63) is 70.8 Å². The molecule has 2 aromatic rings. The highest BCUT2D eigenvalue weighted by Gasteiger charge is 2.30. The van der Waals surface area contributed by atoms with Crippen LogP contribution in [0.5, 0.6) is 5.75 Å². The molecule has 0 aromatic heterocycles. The fourth-order valence-corrected chi connectivity index (χ4v) is 3.29. The summed E-state index contributed by atoms with van der Waals surface area (Å²) in [6.07, 6.45) is 2.06. The summed E-state index contributed by atoms with van der Waals surface area (Å²) in [5.41, 5.74) is 0.960. The van der Waals surface area contributed by atoms with Gasteiger partial charge in [0.2, 0.25) is 0 Å². The monoisotopic (exact) mass is 389 g/mol. The third-order valence-electron chi connectivity index (χ3n) is 4.87. The number of carbonyl (C=O) groups excluding carboxylic acids is 1. The van der Waals surface area contributed by atoms with Gasteiger partial charge in [0, 0.05) is 17.7 Å². The van der Waals surface area contributed by atoms with Crippen molar-refractivity contribution in [1.82, 2.24) is 4.90 Å². The molecule has 3 rings (SSSR count). The van der Waals surface area contributed by atoms with Crippen molar-refractivity contribution >= 4 is 11.9 Å². The standard InChI is InChI=1S/C22H22F3NO2/c23-22(24,25)19-8-6-17(7-9-19)20(27)10-4-16-5-11-21(28)18(14-16)15-26-12-2-1-3-13-26/h4-11,14,28H,1-3,12-13,15H2/b10-4+. The predicted molar refractivity (Wildman–Crippen MR) is 102 cm³/mol. The number of carbonyl (C=O) groups is 1. The lowest BCUT2D eigenvalue weighted by molar-refractivity contribution is -0.137. The Hall–Kier alpha value is -2.60. The van der Waals surface area contributed by atoms with E-state index in [4.69, 9.17) is 0 Å². The zero-order valence-electron chi connectivity index (χ0n) is 15.4. The lowest BCUT2D eigenvalue weighted by atomic mass is 10.0. The zero-order chi connectivity index (χ0) is 20.1. The van der Waals surface area contributed by atoms with E-state index in [2.05, 4.69) is 4.90 Å². The van der Waals surface area contributed by atoms with E-state index in [-0.39, 0.29) is 17.1 Å². The number of allylic oxidation sites excluding steroid dienone is 1. The first kappa shape index (κ1) is 20.1. The molecule has 1 heterocycles. The van der Waals surface area contributed by atoms with Gasteiger partial charge in [-0.3, -0.25) is 9.69 Å². The highest BCUT2D eigenvalue weighted by Crippen LogP contribution is 2.29. The van der Waals surface area contributed by atoms with Crippen LogP contribution in [0.2, 0.25) is 0 Å². The first-order valence-electron chi connectivity index (χ1n) is 9.27. The minimum Gasteiger partial charge on any atom is -0.508 e. The number of nitrogens with zero attached hydrogens (tertiary/aromatic N) is 1. The second-order valence-corrected chi connectivity index (χ2v) is 7.00. The van der Waals surface area contributed by atoms with Gasteiger partial charge in [-0.1, -0.05) is 30.7 Å². The summed E-state index contributed by atoms with van der Waals surface area (Å²) in [6.45, 7) is 2.66. The molecule has 3 nitrogen and oxygen atoms in total. The third-order valence-corrected chi connectivity index (χ3v) is 4.87. The van der Waals surface area contributed by atoms with Gasteiger partial charge in [0.25, 0.3) is 0 Å². The zero-order valence-corrected chi connectivity index (χ0v) is 15.4. The Morgan fingerprint density at radius 1 is 1.04 bits per heavy atom.